The van der Waals surface area contributed by atoms with E-state index in [1.54, 1.807) is 21.5 Å². The topological polar surface area (TPSA) is 24.9 Å². The van der Waals surface area contributed by atoms with E-state index in [2.05, 4.69) is 89.3 Å². The first-order valence-corrected chi connectivity index (χ1v) is 21.8. The van der Waals surface area contributed by atoms with Crippen molar-refractivity contribution in [1.82, 2.24) is 9.80 Å². The molecule has 0 fully saturated rings. The SMILES string of the molecule is CCN(CC)C([Si]CCc1ccc([Si](C)C)c([Si](C)C)c1C(C)[Si](C)(OC)OC)N(CC)CC. The van der Waals surface area contributed by atoms with Crippen LogP contribution in [0.25, 0.3) is 0 Å². The number of aryl methyl sites for hydroxylation is 1. The molecule has 34 heavy (non-hydrogen) atoms. The summed E-state index contributed by atoms with van der Waals surface area (Å²) in [5.74, 6) is 0.556. The molecule has 0 aromatic heterocycles. The number of hydrogen-bond donors (Lipinski definition) is 0. The van der Waals surface area contributed by atoms with Crippen LogP contribution in [0.3, 0.4) is 0 Å². The van der Waals surface area contributed by atoms with Crippen molar-refractivity contribution < 1.29 is 8.85 Å². The van der Waals surface area contributed by atoms with Gasteiger partial charge in [-0.15, -0.1) is 0 Å². The second kappa shape index (κ2) is 15.2. The van der Waals surface area contributed by atoms with Crippen molar-refractivity contribution in [2.75, 3.05) is 40.4 Å². The van der Waals surface area contributed by atoms with Crippen molar-refractivity contribution >= 4 is 46.0 Å². The number of hydrogen-bond acceptors (Lipinski definition) is 4. The molecule has 0 aliphatic rings. The fourth-order valence-corrected chi connectivity index (χ4v) is 12.9. The van der Waals surface area contributed by atoms with E-state index >= 15 is 0 Å². The third-order valence-electron chi connectivity index (χ3n) is 7.44. The predicted octanol–water partition coefficient (Wildman–Crippen LogP) is 4.25. The smallest absolute Gasteiger partial charge is 0.341 e. The molecule has 0 bridgehead atoms. The summed E-state index contributed by atoms with van der Waals surface area (Å²) in [6.45, 7) is 28.1. The van der Waals surface area contributed by atoms with Crippen LogP contribution < -0.4 is 10.4 Å². The summed E-state index contributed by atoms with van der Waals surface area (Å²) < 4.78 is 12.2. The lowest BCUT2D eigenvalue weighted by molar-refractivity contribution is 0.115. The van der Waals surface area contributed by atoms with Crippen LogP contribution in [0.1, 0.15) is 51.3 Å². The zero-order valence-electron chi connectivity index (χ0n) is 24.3. The third-order valence-corrected chi connectivity index (χ3v) is 15.8. The fourth-order valence-electron chi connectivity index (χ4n) is 4.99. The highest BCUT2D eigenvalue weighted by atomic mass is 28.4. The molecule has 0 amide bonds. The first-order valence-electron chi connectivity index (χ1n) is 13.1. The third kappa shape index (κ3) is 7.71. The highest BCUT2D eigenvalue weighted by Crippen LogP contribution is 2.30. The van der Waals surface area contributed by atoms with Crippen molar-refractivity contribution in [2.24, 2.45) is 0 Å². The van der Waals surface area contributed by atoms with E-state index in [0.717, 1.165) is 42.1 Å². The second-order valence-electron chi connectivity index (χ2n) is 9.73. The maximum Gasteiger partial charge on any atom is 0.341 e. The molecule has 4 radical (unpaired) electrons. The summed E-state index contributed by atoms with van der Waals surface area (Å²) in [7, 11) is 1.13. The molecule has 1 aromatic rings. The Balaban J connectivity index is 3.43. The van der Waals surface area contributed by atoms with Crippen LogP contribution in [0.5, 0.6) is 0 Å². The molecule has 0 N–H and O–H groups in total. The molecule has 0 aliphatic carbocycles. The van der Waals surface area contributed by atoms with E-state index in [4.69, 9.17) is 8.85 Å². The Morgan fingerprint density at radius 3 is 1.76 bits per heavy atom. The first-order chi connectivity index (χ1) is 16.1. The molecule has 1 rings (SSSR count). The van der Waals surface area contributed by atoms with Crippen LogP contribution in [-0.4, -0.2) is 91.7 Å². The molecular weight excluding hydrogens is 485 g/mol. The van der Waals surface area contributed by atoms with Gasteiger partial charge in [-0.25, -0.2) is 0 Å². The van der Waals surface area contributed by atoms with Crippen molar-refractivity contribution in [3.8, 4) is 0 Å². The lowest BCUT2D eigenvalue weighted by Gasteiger charge is -2.38. The molecule has 1 atom stereocenters. The van der Waals surface area contributed by atoms with Crippen LogP contribution in [0, 0.1) is 0 Å². The van der Waals surface area contributed by atoms with Gasteiger partial charge in [-0.05, 0) is 50.3 Å². The molecule has 0 spiro atoms. The van der Waals surface area contributed by atoms with Crippen LogP contribution in [0.15, 0.2) is 12.1 Å². The summed E-state index contributed by atoms with van der Waals surface area (Å²) in [5, 5.41) is 3.30. The van der Waals surface area contributed by atoms with Gasteiger partial charge in [0, 0.05) is 25.5 Å². The van der Waals surface area contributed by atoms with Crippen LogP contribution in [0.4, 0.5) is 0 Å². The number of benzene rings is 1. The van der Waals surface area contributed by atoms with Gasteiger partial charge < -0.3 is 8.85 Å². The van der Waals surface area contributed by atoms with Gasteiger partial charge in [-0.2, -0.15) is 0 Å². The lowest BCUT2D eigenvalue weighted by atomic mass is 10.0. The molecular formula is C26H52N2O2Si4. The molecule has 1 unspecified atom stereocenters. The molecule has 0 saturated carbocycles. The quantitative estimate of drug-likeness (QED) is 0.233. The maximum absolute atomic E-state index is 6.08. The molecule has 194 valence electrons. The second-order valence-corrected chi connectivity index (χ2v) is 19.9. The zero-order valence-corrected chi connectivity index (χ0v) is 28.3. The van der Waals surface area contributed by atoms with E-state index in [-0.39, 0.29) is 0 Å². The lowest BCUT2D eigenvalue weighted by Crippen LogP contribution is -2.52. The van der Waals surface area contributed by atoms with Crippen LogP contribution >= 0.6 is 0 Å². The highest BCUT2D eigenvalue weighted by Gasteiger charge is 2.40. The van der Waals surface area contributed by atoms with Gasteiger partial charge in [0.15, 0.2) is 0 Å². The number of nitrogens with zero attached hydrogens (tertiary/aromatic N) is 2. The average molecular weight is 537 g/mol. The normalized spacial score (nSPS) is 13.8. The molecule has 0 heterocycles. The molecule has 8 heteroatoms. The van der Waals surface area contributed by atoms with Crippen molar-refractivity contribution in [1.29, 1.82) is 0 Å². The minimum atomic E-state index is -2.31. The fraction of sp³-hybridized carbons (Fsp3) is 0.769. The average Bonchev–Trinajstić information content (AvgIpc) is 2.83. The minimum absolute atomic E-state index is 0.318. The van der Waals surface area contributed by atoms with Gasteiger partial charge in [0.25, 0.3) is 0 Å². The predicted molar refractivity (Wildman–Crippen MR) is 159 cm³/mol. The van der Waals surface area contributed by atoms with Gasteiger partial charge in [0.05, 0.1) is 27.1 Å². The van der Waals surface area contributed by atoms with Gasteiger partial charge >= 0.3 is 8.56 Å². The van der Waals surface area contributed by atoms with E-state index in [9.17, 15) is 0 Å². The molecule has 0 saturated heterocycles. The van der Waals surface area contributed by atoms with Crippen molar-refractivity contribution in [3.63, 3.8) is 0 Å². The van der Waals surface area contributed by atoms with Gasteiger partial charge in [0.2, 0.25) is 0 Å². The van der Waals surface area contributed by atoms with E-state index in [1.807, 2.05) is 14.2 Å². The van der Waals surface area contributed by atoms with E-state index in [1.165, 1.54) is 6.04 Å². The van der Waals surface area contributed by atoms with Crippen LogP contribution in [-0.2, 0) is 15.3 Å². The molecule has 1 aromatic carbocycles. The maximum atomic E-state index is 6.08. The Bertz CT molecular complexity index is 709. The molecule has 4 nitrogen and oxygen atoms in total. The minimum Gasteiger partial charge on any atom is -0.397 e. The van der Waals surface area contributed by atoms with Crippen molar-refractivity contribution in [3.05, 3.63) is 23.3 Å². The summed E-state index contributed by atoms with van der Waals surface area (Å²) >= 11 is 0. The van der Waals surface area contributed by atoms with Gasteiger partial charge in [0.1, 0.15) is 0 Å². The Hall–Kier alpha value is -0.0725. The first kappa shape index (κ1) is 32.0. The Kier molecular flexibility index (Phi) is 14.3. The van der Waals surface area contributed by atoms with E-state index in [0.29, 0.717) is 11.3 Å². The Morgan fingerprint density at radius 2 is 1.38 bits per heavy atom. The monoisotopic (exact) mass is 536 g/mol. The summed E-state index contributed by atoms with van der Waals surface area (Å²) in [4.78, 5) is 5.29. The molecule has 0 aliphatic heterocycles. The largest absolute Gasteiger partial charge is 0.397 e. The summed E-state index contributed by atoms with van der Waals surface area (Å²) in [6.07, 6.45) is 1.15. The Labute approximate surface area is 219 Å². The zero-order chi connectivity index (χ0) is 26.1. The summed E-state index contributed by atoms with van der Waals surface area (Å²) in [5.41, 5.74) is 3.43. The van der Waals surface area contributed by atoms with E-state index < -0.39 is 26.2 Å². The van der Waals surface area contributed by atoms with Gasteiger partial charge in [-0.1, -0.05) is 89.4 Å². The van der Waals surface area contributed by atoms with Gasteiger partial charge in [-0.3, -0.25) is 9.80 Å². The standard InChI is InChI=1S/C26H52N2O2Si4/c1-13-27(14-2)26(28(15-3)16-4)31-20-19-22-17-18-23(32(8)9)25(33(10)11)24(22)21(5)34(12,29-6)30-7/h17-18,21,26H,13-16,19-20H2,1-12H3. The van der Waals surface area contributed by atoms with Crippen molar-refractivity contribution in [2.45, 2.75) is 91.1 Å². The van der Waals surface area contributed by atoms with Crippen LogP contribution in [0.2, 0.25) is 38.8 Å². The number of rotatable bonds is 16. The Morgan fingerprint density at radius 1 is 0.882 bits per heavy atom. The highest BCUT2D eigenvalue weighted by molar-refractivity contribution is 6.83. The summed E-state index contributed by atoms with van der Waals surface area (Å²) in [6, 6.07) is 6.17.